The number of aliphatic hydroxyl groups excluding tert-OH is 1. The number of rotatable bonds is 5. The van der Waals surface area contributed by atoms with Gasteiger partial charge in [0.05, 0.1) is 10.9 Å². The summed E-state index contributed by atoms with van der Waals surface area (Å²) in [5.41, 5.74) is 5.54. The SMILES string of the molecule is CC(C)(C(O)C(CN)c1ccc(F)cc1F)S(C)(=O)=O. The molecule has 0 aliphatic carbocycles. The topological polar surface area (TPSA) is 80.4 Å². The Bertz CT molecular complexity index is 587. The minimum absolute atomic E-state index is 0.00174. The third-order valence-electron chi connectivity index (χ3n) is 3.66. The van der Waals surface area contributed by atoms with Crippen LogP contribution in [0.25, 0.3) is 0 Å². The summed E-state index contributed by atoms with van der Waals surface area (Å²) in [7, 11) is -3.59. The van der Waals surface area contributed by atoms with E-state index in [0.29, 0.717) is 6.07 Å². The van der Waals surface area contributed by atoms with Crippen LogP contribution in [0.2, 0.25) is 0 Å². The molecule has 1 rings (SSSR count). The first kappa shape index (κ1) is 17.0. The van der Waals surface area contributed by atoms with Crippen molar-refractivity contribution in [1.29, 1.82) is 0 Å². The second-order valence-corrected chi connectivity index (χ2v) is 7.93. The molecule has 20 heavy (non-hydrogen) atoms. The Balaban J connectivity index is 3.26. The van der Waals surface area contributed by atoms with E-state index in [4.69, 9.17) is 5.73 Å². The van der Waals surface area contributed by atoms with Gasteiger partial charge >= 0.3 is 0 Å². The number of halogens is 2. The monoisotopic (exact) mass is 307 g/mol. The van der Waals surface area contributed by atoms with Gasteiger partial charge in [0.1, 0.15) is 11.6 Å². The molecule has 0 fully saturated rings. The van der Waals surface area contributed by atoms with Crippen LogP contribution in [0.15, 0.2) is 18.2 Å². The number of aliphatic hydroxyl groups is 1. The van der Waals surface area contributed by atoms with E-state index in [1.165, 1.54) is 19.9 Å². The molecule has 7 heteroatoms. The lowest BCUT2D eigenvalue weighted by atomic mass is 9.86. The fourth-order valence-corrected chi connectivity index (χ4v) is 2.53. The molecule has 114 valence electrons. The predicted octanol–water partition coefficient (Wildman–Crippen LogP) is 1.19. The molecule has 1 aromatic carbocycles. The van der Waals surface area contributed by atoms with E-state index in [9.17, 15) is 22.3 Å². The van der Waals surface area contributed by atoms with Gasteiger partial charge in [-0.15, -0.1) is 0 Å². The van der Waals surface area contributed by atoms with Crippen molar-refractivity contribution in [3.8, 4) is 0 Å². The van der Waals surface area contributed by atoms with Gasteiger partial charge in [-0.2, -0.15) is 0 Å². The zero-order valence-corrected chi connectivity index (χ0v) is 12.4. The van der Waals surface area contributed by atoms with Crippen molar-refractivity contribution in [3.63, 3.8) is 0 Å². The van der Waals surface area contributed by atoms with E-state index < -0.39 is 38.2 Å². The molecule has 0 bridgehead atoms. The Morgan fingerprint density at radius 2 is 1.90 bits per heavy atom. The smallest absolute Gasteiger partial charge is 0.155 e. The Labute approximate surface area is 117 Å². The highest BCUT2D eigenvalue weighted by Crippen LogP contribution is 2.32. The van der Waals surface area contributed by atoms with Gasteiger partial charge in [-0.05, 0) is 25.5 Å². The van der Waals surface area contributed by atoms with Crippen LogP contribution < -0.4 is 5.73 Å². The molecule has 0 amide bonds. The zero-order chi connectivity index (χ0) is 15.7. The molecular formula is C13H19F2NO3S. The molecule has 3 N–H and O–H groups in total. The molecule has 0 radical (unpaired) electrons. The Morgan fingerprint density at radius 1 is 1.35 bits per heavy atom. The predicted molar refractivity (Wildman–Crippen MR) is 73.1 cm³/mol. The molecule has 0 spiro atoms. The maximum atomic E-state index is 13.8. The van der Waals surface area contributed by atoms with Crippen LogP contribution in [0.3, 0.4) is 0 Å². The maximum Gasteiger partial charge on any atom is 0.155 e. The van der Waals surface area contributed by atoms with Crippen molar-refractivity contribution in [2.24, 2.45) is 5.73 Å². The molecule has 1 aromatic rings. The molecule has 0 aliphatic rings. The Kier molecular flexibility index (Phi) is 4.89. The number of sulfone groups is 1. The average Bonchev–Trinajstić information content (AvgIpc) is 2.30. The van der Waals surface area contributed by atoms with E-state index in [1.807, 2.05) is 0 Å². The first-order valence-corrected chi connectivity index (χ1v) is 7.94. The first-order valence-electron chi connectivity index (χ1n) is 6.05. The molecular weight excluding hydrogens is 288 g/mol. The minimum Gasteiger partial charge on any atom is -0.391 e. The highest BCUT2D eigenvalue weighted by molar-refractivity contribution is 7.92. The minimum atomic E-state index is -3.59. The van der Waals surface area contributed by atoms with Crippen LogP contribution in [-0.2, 0) is 9.84 Å². The van der Waals surface area contributed by atoms with Crippen molar-refractivity contribution in [2.75, 3.05) is 12.8 Å². The zero-order valence-electron chi connectivity index (χ0n) is 11.6. The Hall–Kier alpha value is -1.05. The van der Waals surface area contributed by atoms with Crippen LogP contribution in [0.1, 0.15) is 25.3 Å². The van der Waals surface area contributed by atoms with Crippen molar-refractivity contribution < 1.29 is 22.3 Å². The summed E-state index contributed by atoms with van der Waals surface area (Å²) in [5.74, 6) is -2.55. The van der Waals surface area contributed by atoms with Gasteiger partial charge in [0.25, 0.3) is 0 Å². The molecule has 2 unspecified atom stereocenters. The number of hydrogen-bond donors (Lipinski definition) is 2. The molecule has 0 saturated carbocycles. The number of nitrogens with two attached hydrogens (primary N) is 1. The third-order valence-corrected chi connectivity index (χ3v) is 5.82. The highest BCUT2D eigenvalue weighted by Gasteiger charge is 2.42. The van der Waals surface area contributed by atoms with Crippen molar-refractivity contribution in [2.45, 2.75) is 30.6 Å². The summed E-state index contributed by atoms with van der Waals surface area (Å²) in [6, 6.07) is 2.89. The lowest BCUT2D eigenvalue weighted by Gasteiger charge is -2.34. The molecule has 2 atom stereocenters. The lowest BCUT2D eigenvalue weighted by Crippen LogP contribution is -2.48. The van der Waals surface area contributed by atoms with E-state index in [1.54, 1.807) is 0 Å². The van der Waals surface area contributed by atoms with Gasteiger partial charge in [0, 0.05) is 24.8 Å². The van der Waals surface area contributed by atoms with E-state index in [0.717, 1.165) is 12.3 Å². The summed E-state index contributed by atoms with van der Waals surface area (Å²) < 4.78 is 48.6. The summed E-state index contributed by atoms with van der Waals surface area (Å²) >= 11 is 0. The van der Waals surface area contributed by atoms with Gasteiger partial charge in [-0.3, -0.25) is 0 Å². The van der Waals surface area contributed by atoms with Crippen LogP contribution >= 0.6 is 0 Å². The molecule has 0 aromatic heterocycles. The summed E-state index contributed by atoms with van der Waals surface area (Å²) in [4.78, 5) is 0. The van der Waals surface area contributed by atoms with Gasteiger partial charge in [-0.25, -0.2) is 17.2 Å². The highest BCUT2D eigenvalue weighted by atomic mass is 32.2. The van der Waals surface area contributed by atoms with E-state index in [2.05, 4.69) is 0 Å². The van der Waals surface area contributed by atoms with Crippen LogP contribution in [0, 0.1) is 11.6 Å². The normalized spacial score (nSPS) is 15.9. The van der Waals surface area contributed by atoms with Gasteiger partial charge in [0.2, 0.25) is 0 Å². The summed E-state index contributed by atoms with van der Waals surface area (Å²) in [6.07, 6.45) is -0.423. The molecule has 4 nitrogen and oxygen atoms in total. The second kappa shape index (κ2) is 5.75. The number of benzene rings is 1. The molecule has 0 aliphatic heterocycles. The standard InChI is InChI=1S/C13H19F2NO3S/c1-13(2,20(3,18)19)12(17)10(7-16)9-5-4-8(14)6-11(9)15/h4-6,10,12,17H,7,16H2,1-3H3. The van der Waals surface area contributed by atoms with Gasteiger partial charge in [-0.1, -0.05) is 6.07 Å². The Morgan fingerprint density at radius 3 is 2.30 bits per heavy atom. The first-order chi connectivity index (χ1) is 9.02. The average molecular weight is 307 g/mol. The van der Waals surface area contributed by atoms with Crippen LogP contribution in [0.4, 0.5) is 8.78 Å². The van der Waals surface area contributed by atoms with Gasteiger partial charge < -0.3 is 10.8 Å². The maximum absolute atomic E-state index is 13.8. The van der Waals surface area contributed by atoms with E-state index >= 15 is 0 Å². The molecule has 0 heterocycles. The second-order valence-electron chi connectivity index (χ2n) is 5.33. The van der Waals surface area contributed by atoms with Crippen LogP contribution in [-0.4, -0.2) is 37.2 Å². The summed E-state index contributed by atoms with van der Waals surface area (Å²) in [5, 5.41) is 10.3. The van der Waals surface area contributed by atoms with Crippen molar-refractivity contribution in [3.05, 3.63) is 35.4 Å². The fraction of sp³-hybridized carbons (Fsp3) is 0.538. The number of hydrogen-bond acceptors (Lipinski definition) is 4. The van der Waals surface area contributed by atoms with E-state index in [-0.39, 0.29) is 12.1 Å². The van der Waals surface area contributed by atoms with Gasteiger partial charge in [0.15, 0.2) is 9.84 Å². The summed E-state index contributed by atoms with van der Waals surface area (Å²) in [6.45, 7) is 2.52. The quantitative estimate of drug-likeness (QED) is 0.856. The van der Waals surface area contributed by atoms with Crippen molar-refractivity contribution in [1.82, 2.24) is 0 Å². The van der Waals surface area contributed by atoms with Crippen LogP contribution in [0.5, 0.6) is 0 Å². The lowest BCUT2D eigenvalue weighted by molar-refractivity contribution is 0.109. The largest absolute Gasteiger partial charge is 0.391 e. The van der Waals surface area contributed by atoms with Crippen molar-refractivity contribution >= 4 is 9.84 Å². The third kappa shape index (κ3) is 3.16. The molecule has 0 saturated heterocycles. The fourth-order valence-electron chi connectivity index (χ4n) is 1.93.